The van der Waals surface area contributed by atoms with Crippen LogP contribution >= 0.6 is 26.6 Å². The van der Waals surface area contributed by atoms with Crippen molar-refractivity contribution >= 4 is 46.4 Å². The molecule has 3 nitrogen and oxygen atoms in total. The number of rotatable bonds is 5. The zero-order chi connectivity index (χ0) is 14.8. The molecule has 1 atom stereocenters. The molecule has 108 valence electrons. The lowest BCUT2D eigenvalue weighted by Crippen LogP contribution is -2.16. The van der Waals surface area contributed by atoms with Crippen LogP contribution in [0.3, 0.4) is 0 Å². The van der Waals surface area contributed by atoms with Gasteiger partial charge in [-0.1, -0.05) is 37.3 Å². The molecule has 0 spiro atoms. The first kappa shape index (κ1) is 15.6. The smallest absolute Gasteiger partial charge is 0.232 e. The van der Waals surface area contributed by atoms with E-state index in [1.165, 1.54) is 0 Å². The Morgan fingerprint density at radius 2 is 1.95 bits per heavy atom. The first-order chi connectivity index (χ1) is 9.37. The quantitative estimate of drug-likeness (QED) is 0.734. The van der Waals surface area contributed by atoms with Gasteiger partial charge in [-0.05, 0) is 32.8 Å². The molecule has 2 aromatic carbocycles. The van der Waals surface area contributed by atoms with Crippen LogP contribution in [0.15, 0.2) is 40.9 Å². The Morgan fingerprint density at radius 3 is 2.65 bits per heavy atom. The Labute approximate surface area is 131 Å². The van der Waals surface area contributed by atoms with Gasteiger partial charge in [0.05, 0.1) is 16.8 Å². The van der Waals surface area contributed by atoms with Crippen LogP contribution in [0.1, 0.15) is 6.92 Å². The topological polar surface area (TPSA) is 43.4 Å². The Kier molecular flexibility index (Phi) is 4.94. The maximum atomic E-state index is 11.0. The van der Waals surface area contributed by atoms with Crippen LogP contribution in [0.4, 0.5) is 0 Å². The average Bonchev–Trinajstić information content (AvgIpc) is 2.36. The minimum Gasteiger partial charge on any atom is -0.492 e. The fraction of sp³-hybridized carbons (Fsp3) is 0.286. The van der Waals surface area contributed by atoms with Gasteiger partial charge in [-0.2, -0.15) is 0 Å². The van der Waals surface area contributed by atoms with Crippen molar-refractivity contribution < 1.29 is 13.2 Å². The summed E-state index contributed by atoms with van der Waals surface area (Å²) < 4.78 is 28.5. The van der Waals surface area contributed by atoms with Crippen molar-refractivity contribution in [3.63, 3.8) is 0 Å². The molecule has 6 heteroatoms. The molecule has 0 fully saturated rings. The fourth-order valence-electron chi connectivity index (χ4n) is 1.95. The predicted octanol–water partition coefficient (Wildman–Crippen LogP) is 4.19. The van der Waals surface area contributed by atoms with Crippen molar-refractivity contribution in [2.24, 2.45) is 5.92 Å². The summed E-state index contributed by atoms with van der Waals surface area (Å²) in [6.45, 7) is 2.08. The number of fused-ring (bicyclic) bond motifs is 1. The van der Waals surface area contributed by atoms with Crippen molar-refractivity contribution in [1.29, 1.82) is 0 Å². The summed E-state index contributed by atoms with van der Waals surface area (Å²) in [4.78, 5) is 0. The van der Waals surface area contributed by atoms with E-state index in [2.05, 4.69) is 15.9 Å². The van der Waals surface area contributed by atoms with Crippen molar-refractivity contribution in [3.05, 3.63) is 40.9 Å². The maximum absolute atomic E-state index is 11.0. The van der Waals surface area contributed by atoms with E-state index in [9.17, 15) is 8.42 Å². The van der Waals surface area contributed by atoms with Crippen LogP contribution in [0.2, 0.25) is 0 Å². The van der Waals surface area contributed by atoms with Gasteiger partial charge >= 0.3 is 0 Å². The van der Waals surface area contributed by atoms with Crippen LogP contribution in [-0.2, 0) is 9.05 Å². The summed E-state index contributed by atoms with van der Waals surface area (Å²) >= 11 is 3.52. The van der Waals surface area contributed by atoms with Crippen LogP contribution in [-0.4, -0.2) is 20.8 Å². The van der Waals surface area contributed by atoms with Crippen LogP contribution in [0, 0.1) is 5.92 Å². The molecule has 0 aromatic heterocycles. The van der Waals surface area contributed by atoms with E-state index < -0.39 is 9.05 Å². The lowest BCUT2D eigenvalue weighted by molar-refractivity contribution is 0.271. The molecular weight excluding hydrogens is 364 g/mol. The van der Waals surface area contributed by atoms with Crippen molar-refractivity contribution in [2.75, 3.05) is 12.4 Å². The molecule has 0 saturated carbocycles. The molecule has 0 bridgehead atoms. The molecule has 1 unspecified atom stereocenters. The average molecular weight is 378 g/mol. The molecule has 0 amide bonds. The van der Waals surface area contributed by atoms with E-state index in [4.69, 9.17) is 15.4 Å². The summed E-state index contributed by atoms with van der Waals surface area (Å²) in [7, 11) is 1.73. The van der Waals surface area contributed by atoms with Crippen LogP contribution in [0.5, 0.6) is 5.75 Å². The standard InChI is InChI=1S/C14H14BrClO3S/c1-10(9-20(16,17)18)8-19-13-7-6-11-4-2-3-5-12(11)14(13)15/h2-7,10H,8-9H2,1H3. The lowest BCUT2D eigenvalue weighted by atomic mass is 10.1. The lowest BCUT2D eigenvalue weighted by Gasteiger charge is -2.14. The Bertz CT molecular complexity index is 715. The van der Waals surface area contributed by atoms with Crippen LogP contribution in [0.25, 0.3) is 10.8 Å². The van der Waals surface area contributed by atoms with Crippen molar-refractivity contribution in [1.82, 2.24) is 0 Å². The van der Waals surface area contributed by atoms with Crippen molar-refractivity contribution in [3.8, 4) is 5.75 Å². The monoisotopic (exact) mass is 376 g/mol. The molecule has 0 N–H and O–H groups in total. The number of hydrogen-bond acceptors (Lipinski definition) is 3. The van der Waals surface area contributed by atoms with Gasteiger partial charge in [0.2, 0.25) is 9.05 Å². The highest BCUT2D eigenvalue weighted by atomic mass is 79.9. The zero-order valence-electron chi connectivity index (χ0n) is 10.8. The number of halogens is 2. The number of ether oxygens (including phenoxy) is 1. The molecule has 0 heterocycles. The first-order valence-electron chi connectivity index (χ1n) is 6.09. The molecule has 20 heavy (non-hydrogen) atoms. The van der Waals surface area contributed by atoms with E-state index in [0.717, 1.165) is 15.2 Å². The predicted molar refractivity (Wildman–Crippen MR) is 85.9 cm³/mol. The Balaban J connectivity index is 2.12. The van der Waals surface area contributed by atoms with Gasteiger partial charge in [0.25, 0.3) is 0 Å². The van der Waals surface area contributed by atoms with Gasteiger partial charge in [0.1, 0.15) is 5.75 Å². The largest absolute Gasteiger partial charge is 0.492 e. The van der Waals surface area contributed by atoms with E-state index in [1.54, 1.807) is 6.92 Å². The highest BCUT2D eigenvalue weighted by Gasteiger charge is 2.14. The third-order valence-corrected chi connectivity index (χ3v) is 5.00. The van der Waals surface area contributed by atoms with Crippen molar-refractivity contribution in [2.45, 2.75) is 6.92 Å². The third-order valence-electron chi connectivity index (χ3n) is 2.83. The van der Waals surface area contributed by atoms with Gasteiger partial charge in [-0.25, -0.2) is 8.42 Å². The van der Waals surface area contributed by atoms with Gasteiger partial charge in [-0.3, -0.25) is 0 Å². The van der Waals surface area contributed by atoms with Gasteiger partial charge in [0.15, 0.2) is 0 Å². The van der Waals surface area contributed by atoms with Gasteiger partial charge in [0, 0.05) is 16.6 Å². The first-order valence-corrected chi connectivity index (χ1v) is 9.36. The van der Waals surface area contributed by atoms with Crippen LogP contribution < -0.4 is 4.74 Å². The SMILES string of the molecule is CC(COc1ccc2ccccc2c1Br)CS(=O)(=O)Cl. The number of hydrogen-bond donors (Lipinski definition) is 0. The van der Waals surface area contributed by atoms with E-state index >= 15 is 0 Å². The third kappa shape index (κ3) is 4.11. The zero-order valence-corrected chi connectivity index (χ0v) is 14.0. The molecule has 0 saturated heterocycles. The molecular formula is C14H14BrClO3S. The highest BCUT2D eigenvalue weighted by Crippen LogP contribution is 2.33. The second kappa shape index (κ2) is 6.33. The molecule has 0 aliphatic rings. The minimum absolute atomic E-state index is 0.0975. The second-order valence-electron chi connectivity index (χ2n) is 4.72. The summed E-state index contributed by atoms with van der Waals surface area (Å²) in [5.41, 5.74) is 0. The van der Waals surface area contributed by atoms with E-state index in [1.807, 2.05) is 36.4 Å². The summed E-state index contributed by atoms with van der Waals surface area (Å²) in [6.07, 6.45) is 0. The molecule has 2 aromatic rings. The highest BCUT2D eigenvalue weighted by molar-refractivity contribution is 9.10. The summed E-state index contributed by atoms with van der Waals surface area (Å²) in [5, 5.41) is 2.17. The normalized spacial score (nSPS) is 13.3. The molecule has 2 rings (SSSR count). The summed E-state index contributed by atoms with van der Waals surface area (Å²) in [6, 6.07) is 11.8. The number of benzene rings is 2. The molecule has 0 aliphatic heterocycles. The Morgan fingerprint density at radius 1 is 1.25 bits per heavy atom. The molecule has 0 aliphatic carbocycles. The second-order valence-corrected chi connectivity index (χ2v) is 8.34. The summed E-state index contributed by atoms with van der Waals surface area (Å²) in [5.74, 6) is 0.429. The van der Waals surface area contributed by atoms with Gasteiger partial charge in [-0.15, -0.1) is 0 Å². The minimum atomic E-state index is -3.49. The van der Waals surface area contributed by atoms with E-state index in [-0.39, 0.29) is 11.7 Å². The molecule has 0 radical (unpaired) electrons. The fourth-order valence-corrected chi connectivity index (χ4v) is 3.97. The van der Waals surface area contributed by atoms with Gasteiger partial charge < -0.3 is 4.74 Å². The Hall–Kier alpha value is -0.780. The van der Waals surface area contributed by atoms with E-state index in [0.29, 0.717) is 12.4 Å². The maximum Gasteiger partial charge on any atom is 0.232 e.